The molecular weight excluding hydrogens is 666 g/mol. The Hall–Kier alpha value is -4.83. The Bertz CT molecular complexity index is 1890. The van der Waals surface area contributed by atoms with Gasteiger partial charge in [-0.3, -0.25) is 4.79 Å². The number of rotatable bonds is 9. The van der Waals surface area contributed by atoms with Gasteiger partial charge < -0.3 is 29.4 Å². The largest absolute Gasteiger partial charge is 0.461 e. The van der Waals surface area contributed by atoms with Gasteiger partial charge in [-0.1, -0.05) is 18.6 Å². The molecule has 2 fully saturated rings. The van der Waals surface area contributed by atoms with Gasteiger partial charge in [0.1, 0.15) is 30.7 Å². The zero-order valence-electron chi connectivity index (χ0n) is 30.1. The van der Waals surface area contributed by atoms with Crippen LogP contribution in [0.4, 0.5) is 26.0 Å². The molecule has 1 N–H and O–H groups in total. The quantitative estimate of drug-likeness (QED) is 0.258. The van der Waals surface area contributed by atoms with E-state index in [-0.39, 0.29) is 55.7 Å². The van der Waals surface area contributed by atoms with Crippen molar-refractivity contribution < 1.29 is 23.4 Å². The number of β-amino-alcohol motifs (C(OH)–C–C–N with tert-alkyl or cyclic N) is 1. The van der Waals surface area contributed by atoms with Gasteiger partial charge in [0, 0.05) is 63.6 Å². The number of ether oxygens (including phenoxy) is 1. The number of likely N-dealkylation sites (tertiary alicyclic amines) is 1. The number of fused-ring (bicyclic) bond motifs is 2. The van der Waals surface area contributed by atoms with E-state index in [0.29, 0.717) is 56.0 Å². The summed E-state index contributed by atoms with van der Waals surface area (Å²) in [6.07, 6.45) is 15.1. The van der Waals surface area contributed by atoms with E-state index in [1.807, 2.05) is 23.8 Å². The van der Waals surface area contributed by atoms with E-state index in [1.165, 1.54) is 18.5 Å². The number of hydrogen-bond donors (Lipinski definition) is 1. The van der Waals surface area contributed by atoms with Gasteiger partial charge in [-0.15, -0.1) is 6.42 Å². The maximum atomic E-state index is 15.1. The Morgan fingerprint density at radius 3 is 2.79 bits per heavy atom. The van der Waals surface area contributed by atoms with Crippen molar-refractivity contribution in [3.8, 4) is 18.4 Å². The lowest BCUT2D eigenvalue weighted by Gasteiger charge is -2.46. The number of carbonyl (C=O) groups is 1. The summed E-state index contributed by atoms with van der Waals surface area (Å²) in [6, 6.07) is 3.10. The third kappa shape index (κ3) is 6.76. The molecule has 1 amide bonds. The molecule has 274 valence electrons. The van der Waals surface area contributed by atoms with Crippen LogP contribution in [0.3, 0.4) is 0 Å². The minimum absolute atomic E-state index is 0.00785. The molecule has 0 unspecified atom stereocenters. The maximum absolute atomic E-state index is 15.1. The molecule has 0 saturated carbocycles. The first kappa shape index (κ1) is 35.6. The molecule has 11 nitrogen and oxygen atoms in total. The predicted molar refractivity (Wildman–Crippen MR) is 195 cm³/mol. The van der Waals surface area contributed by atoms with Crippen LogP contribution < -0.4 is 19.4 Å². The van der Waals surface area contributed by atoms with Crippen LogP contribution in [0.2, 0.25) is 0 Å². The Balaban J connectivity index is 1.22. The maximum Gasteiger partial charge on any atom is 0.318 e. The predicted octanol–water partition coefficient (Wildman–Crippen LogP) is 4.06. The van der Waals surface area contributed by atoms with Gasteiger partial charge in [0.25, 0.3) is 0 Å². The van der Waals surface area contributed by atoms with Crippen molar-refractivity contribution in [2.45, 2.75) is 88.2 Å². The lowest BCUT2D eigenvalue weighted by atomic mass is 9.84. The second kappa shape index (κ2) is 14.0. The number of benzene rings is 1. The van der Waals surface area contributed by atoms with Gasteiger partial charge in [-0.2, -0.15) is 9.97 Å². The molecule has 3 aliphatic heterocycles. The van der Waals surface area contributed by atoms with Crippen LogP contribution in [0.1, 0.15) is 61.9 Å². The molecule has 7 rings (SSSR count). The second-order valence-corrected chi connectivity index (χ2v) is 15.2. The standard InChI is InChI=1S/C39H46F2N8O3/c1-6-30-32(41)13-10-25-16-39(4,51)22-48(35(25)30)27-11-12-31-33(15-27)44-37(45-36(31)46(5)21-28-9-8-14-47(28)34(50)7-2)52-23-38(3)17-26(40)20-49(38)29-18-42-24-43-19-29/h1,7,10,13,18-19,24,26-28,51H,2,8-9,11-12,14-17,20-23H2,3-5H3/t26-,27-,28+,38+,39-/m1/s1. The monoisotopic (exact) mass is 712 g/mol. The molecule has 13 heteroatoms. The highest BCUT2D eigenvalue weighted by Gasteiger charge is 2.44. The first-order chi connectivity index (χ1) is 24.9. The number of halogens is 2. The molecule has 5 heterocycles. The van der Waals surface area contributed by atoms with Crippen molar-refractivity contribution in [1.29, 1.82) is 0 Å². The summed E-state index contributed by atoms with van der Waals surface area (Å²) in [5.41, 5.74) is 2.37. The van der Waals surface area contributed by atoms with E-state index in [0.717, 1.165) is 29.7 Å². The molecule has 5 atom stereocenters. The Labute approximate surface area is 303 Å². The highest BCUT2D eigenvalue weighted by molar-refractivity contribution is 5.87. The van der Waals surface area contributed by atoms with Crippen LogP contribution in [0, 0.1) is 18.2 Å². The smallest absolute Gasteiger partial charge is 0.318 e. The van der Waals surface area contributed by atoms with E-state index in [1.54, 1.807) is 25.4 Å². The van der Waals surface area contributed by atoms with E-state index in [9.17, 15) is 14.3 Å². The van der Waals surface area contributed by atoms with Crippen molar-refractivity contribution in [3.63, 3.8) is 0 Å². The van der Waals surface area contributed by atoms with Crippen LogP contribution in [0.25, 0.3) is 0 Å². The summed E-state index contributed by atoms with van der Waals surface area (Å²) in [4.78, 5) is 38.8. The fourth-order valence-corrected chi connectivity index (χ4v) is 8.75. The van der Waals surface area contributed by atoms with Crippen molar-refractivity contribution in [3.05, 3.63) is 71.7 Å². The number of aliphatic hydroxyl groups is 1. The van der Waals surface area contributed by atoms with Crippen LogP contribution >= 0.6 is 0 Å². The number of terminal acetylenes is 1. The zero-order chi connectivity index (χ0) is 36.8. The SMILES string of the molecule is C#Cc1c(F)ccc2c1N([C@@H]1CCc3c(nc(OC[C@]4(C)C[C@@H](F)CN4c4cncnc4)nc3N(C)C[C@@H]3CCCN3C(=O)C=C)C1)C[C@](C)(O)C2. The molecule has 4 aliphatic rings. The number of carbonyl (C=O) groups excluding carboxylic acids is 1. The molecular formula is C39H46F2N8O3. The molecule has 52 heavy (non-hydrogen) atoms. The number of alkyl halides is 1. The van der Waals surface area contributed by atoms with Gasteiger partial charge in [0.2, 0.25) is 5.91 Å². The summed E-state index contributed by atoms with van der Waals surface area (Å²) < 4.78 is 36.5. The Morgan fingerprint density at radius 2 is 2.04 bits per heavy atom. The van der Waals surface area contributed by atoms with E-state index >= 15 is 4.39 Å². The topological polar surface area (TPSA) is 111 Å². The van der Waals surface area contributed by atoms with Crippen molar-refractivity contribution in [2.24, 2.45) is 0 Å². The van der Waals surface area contributed by atoms with Crippen molar-refractivity contribution in [1.82, 2.24) is 24.8 Å². The third-order valence-electron chi connectivity index (χ3n) is 11.1. The first-order valence-corrected chi connectivity index (χ1v) is 18.0. The van der Waals surface area contributed by atoms with Crippen LogP contribution in [0.5, 0.6) is 6.01 Å². The van der Waals surface area contributed by atoms with Gasteiger partial charge in [0.15, 0.2) is 0 Å². The second-order valence-electron chi connectivity index (χ2n) is 15.2. The van der Waals surface area contributed by atoms with Gasteiger partial charge in [-0.25, -0.2) is 18.7 Å². The summed E-state index contributed by atoms with van der Waals surface area (Å²) in [7, 11) is 1.97. The minimum Gasteiger partial charge on any atom is -0.461 e. The first-order valence-electron chi connectivity index (χ1n) is 18.0. The Morgan fingerprint density at radius 1 is 1.25 bits per heavy atom. The molecule has 1 aromatic carbocycles. The fraction of sp³-hybridized carbons (Fsp3) is 0.513. The molecule has 0 spiro atoms. The molecule has 3 aromatic rings. The number of amides is 1. The lowest BCUT2D eigenvalue weighted by molar-refractivity contribution is -0.126. The highest BCUT2D eigenvalue weighted by atomic mass is 19.1. The normalized spacial score (nSPS) is 26.8. The number of hydrogen-bond acceptors (Lipinski definition) is 10. The van der Waals surface area contributed by atoms with Gasteiger partial charge in [0.05, 0.1) is 52.7 Å². The molecule has 0 bridgehead atoms. The average Bonchev–Trinajstić information content (AvgIpc) is 3.72. The number of aromatic nitrogens is 4. The van der Waals surface area contributed by atoms with E-state index < -0.39 is 23.1 Å². The van der Waals surface area contributed by atoms with Crippen LogP contribution in [-0.2, 0) is 24.1 Å². The summed E-state index contributed by atoms with van der Waals surface area (Å²) in [5, 5.41) is 11.3. The number of anilines is 3. The van der Waals surface area contributed by atoms with Crippen molar-refractivity contribution in [2.75, 3.05) is 54.5 Å². The van der Waals surface area contributed by atoms with Gasteiger partial charge in [-0.05, 0) is 57.2 Å². The Kier molecular flexibility index (Phi) is 9.54. The summed E-state index contributed by atoms with van der Waals surface area (Å²) >= 11 is 0. The number of likely N-dealkylation sites (N-methyl/N-ethyl adjacent to an activating group) is 1. The highest BCUT2D eigenvalue weighted by Crippen LogP contribution is 2.41. The van der Waals surface area contributed by atoms with E-state index in [2.05, 4.69) is 32.3 Å². The minimum atomic E-state index is -1.06. The van der Waals surface area contributed by atoms with Crippen molar-refractivity contribution >= 4 is 23.1 Å². The molecule has 0 radical (unpaired) electrons. The summed E-state index contributed by atoms with van der Waals surface area (Å²) in [6.45, 7) is 9.27. The molecule has 1 aliphatic carbocycles. The number of nitrogens with zero attached hydrogens (tertiary/aromatic N) is 8. The average molecular weight is 713 g/mol. The van der Waals surface area contributed by atoms with E-state index in [4.69, 9.17) is 21.1 Å². The zero-order valence-corrected chi connectivity index (χ0v) is 30.1. The fourth-order valence-electron chi connectivity index (χ4n) is 8.75. The summed E-state index contributed by atoms with van der Waals surface area (Å²) in [5.74, 6) is 2.73. The molecule has 2 saturated heterocycles. The third-order valence-corrected chi connectivity index (χ3v) is 11.1. The molecule has 2 aromatic heterocycles. The lowest BCUT2D eigenvalue weighted by Crippen LogP contribution is -2.53. The van der Waals surface area contributed by atoms with Crippen LogP contribution in [0.15, 0.2) is 43.5 Å². The van der Waals surface area contributed by atoms with Gasteiger partial charge >= 0.3 is 6.01 Å². The van der Waals surface area contributed by atoms with Crippen LogP contribution in [-0.4, -0.2) is 105 Å².